The number of aromatic amines is 1. The third-order valence-corrected chi connectivity index (χ3v) is 3.64. The molecule has 5 nitrogen and oxygen atoms in total. The maximum absolute atomic E-state index is 5.92. The van der Waals surface area contributed by atoms with Crippen molar-refractivity contribution in [3.05, 3.63) is 12.0 Å². The molecule has 2 aromatic heterocycles. The van der Waals surface area contributed by atoms with Crippen LogP contribution in [-0.4, -0.2) is 20.2 Å². The number of unbranched alkanes of at least 4 members (excludes halogenated alkanes) is 4. The average Bonchev–Trinajstić information content (AvgIpc) is 2.84. The van der Waals surface area contributed by atoms with Gasteiger partial charge in [-0.25, -0.2) is 9.97 Å². The monoisotopic (exact) mass is 261 g/mol. The van der Waals surface area contributed by atoms with E-state index in [1.165, 1.54) is 38.4 Å². The fourth-order valence-electron chi connectivity index (χ4n) is 2.46. The van der Waals surface area contributed by atoms with Crippen molar-refractivity contribution in [3.8, 4) is 0 Å². The van der Waals surface area contributed by atoms with E-state index in [0.717, 1.165) is 17.5 Å². The van der Waals surface area contributed by atoms with Gasteiger partial charge in [-0.2, -0.15) is 5.10 Å². The Kier molecular flexibility index (Phi) is 4.71. The molecule has 0 aliphatic rings. The lowest BCUT2D eigenvalue weighted by Gasteiger charge is -2.10. The minimum Gasteiger partial charge on any atom is -0.383 e. The Morgan fingerprint density at radius 1 is 1.21 bits per heavy atom. The fraction of sp³-hybridized carbons (Fsp3) is 0.643. The molecule has 0 radical (unpaired) electrons. The minimum absolute atomic E-state index is 0.417. The quantitative estimate of drug-likeness (QED) is 0.748. The van der Waals surface area contributed by atoms with E-state index < -0.39 is 0 Å². The fourth-order valence-corrected chi connectivity index (χ4v) is 2.46. The molecule has 0 bridgehead atoms. The van der Waals surface area contributed by atoms with Gasteiger partial charge in [-0.15, -0.1) is 0 Å². The molecule has 2 aromatic rings. The third-order valence-electron chi connectivity index (χ3n) is 3.64. The van der Waals surface area contributed by atoms with Crippen LogP contribution in [0.1, 0.15) is 64.0 Å². The zero-order valence-electron chi connectivity index (χ0n) is 11.8. The maximum atomic E-state index is 5.92. The van der Waals surface area contributed by atoms with Gasteiger partial charge in [0.05, 0.1) is 11.1 Å². The van der Waals surface area contributed by atoms with Gasteiger partial charge < -0.3 is 5.73 Å². The molecule has 0 spiro atoms. The number of nitrogens with zero attached hydrogens (tertiary/aromatic N) is 3. The highest BCUT2D eigenvalue weighted by atomic mass is 15.2. The van der Waals surface area contributed by atoms with Crippen LogP contribution >= 0.6 is 0 Å². The second kappa shape index (κ2) is 6.50. The molecule has 0 aliphatic heterocycles. The number of fused-ring (bicyclic) bond motifs is 1. The molecule has 0 saturated heterocycles. The highest BCUT2D eigenvalue weighted by molar-refractivity contribution is 5.87. The van der Waals surface area contributed by atoms with Gasteiger partial charge in [-0.3, -0.25) is 5.10 Å². The summed E-state index contributed by atoms with van der Waals surface area (Å²) in [6, 6.07) is 0. The lowest BCUT2D eigenvalue weighted by molar-refractivity contribution is 0.561. The molecule has 0 aliphatic carbocycles. The van der Waals surface area contributed by atoms with Crippen molar-refractivity contribution in [2.24, 2.45) is 0 Å². The van der Waals surface area contributed by atoms with Crippen molar-refractivity contribution >= 4 is 16.9 Å². The van der Waals surface area contributed by atoms with Gasteiger partial charge in [0.15, 0.2) is 5.65 Å². The summed E-state index contributed by atoms with van der Waals surface area (Å²) in [4.78, 5) is 8.18. The summed E-state index contributed by atoms with van der Waals surface area (Å²) >= 11 is 0. The Bertz CT molecular complexity index is 520. The van der Waals surface area contributed by atoms with Crippen molar-refractivity contribution < 1.29 is 0 Å². The second-order valence-electron chi connectivity index (χ2n) is 5.20. The lowest BCUT2D eigenvalue weighted by Crippen LogP contribution is -1.98. The molecule has 19 heavy (non-hydrogen) atoms. The zero-order valence-corrected chi connectivity index (χ0v) is 11.8. The Morgan fingerprint density at radius 2 is 2.00 bits per heavy atom. The predicted molar refractivity (Wildman–Crippen MR) is 77.9 cm³/mol. The van der Waals surface area contributed by atoms with Crippen LogP contribution in [0.15, 0.2) is 6.33 Å². The number of anilines is 1. The molecule has 0 amide bonds. The molecule has 104 valence electrons. The van der Waals surface area contributed by atoms with Crippen LogP contribution < -0.4 is 5.73 Å². The van der Waals surface area contributed by atoms with Gasteiger partial charge in [0.25, 0.3) is 0 Å². The summed E-state index contributed by atoms with van der Waals surface area (Å²) in [5.74, 6) is 0.937. The molecule has 2 heterocycles. The first-order valence-corrected chi connectivity index (χ1v) is 7.18. The van der Waals surface area contributed by atoms with E-state index in [9.17, 15) is 0 Å². The summed E-state index contributed by atoms with van der Waals surface area (Å²) in [6.07, 6.45) is 9.10. The van der Waals surface area contributed by atoms with Gasteiger partial charge in [0, 0.05) is 0 Å². The highest BCUT2D eigenvalue weighted by Crippen LogP contribution is 2.28. The molecule has 2 rings (SSSR count). The van der Waals surface area contributed by atoms with E-state index in [0.29, 0.717) is 17.4 Å². The van der Waals surface area contributed by atoms with Gasteiger partial charge in [-0.1, -0.05) is 46.0 Å². The summed E-state index contributed by atoms with van der Waals surface area (Å²) in [5.41, 5.74) is 7.66. The molecule has 1 atom stereocenters. The highest BCUT2D eigenvalue weighted by Gasteiger charge is 2.15. The van der Waals surface area contributed by atoms with Crippen LogP contribution in [0.3, 0.4) is 0 Å². The van der Waals surface area contributed by atoms with Crippen molar-refractivity contribution in [1.82, 2.24) is 20.2 Å². The molecule has 0 aromatic carbocycles. The van der Waals surface area contributed by atoms with Crippen LogP contribution in [0.2, 0.25) is 0 Å². The van der Waals surface area contributed by atoms with Gasteiger partial charge in [0.2, 0.25) is 0 Å². The SMILES string of the molecule is CCCCCCCC(C)c1[nH]nc2ncnc(N)c12. The number of hydrogen-bond donors (Lipinski definition) is 2. The van der Waals surface area contributed by atoms with Gasteiger partial charge in [-0.05, 0) is 12.3 Å². The average molecular weight is 261 g/mol. The van der Waals surface area contributed by atoms with E-state index >= 15 is 0 Å². The maximum Gasteiger partial charge on any atom is 0.186 e. The summed E-state index contributed by atoms with van der Waals surface area (Å²) in [5, 5.41) is 8.17. The summed E-state index contributed by atoms with van der Waals surface area (Å²) in [7, 11) is 0. The largest absolute Gasteiger partial charge is 0.383 e. The number of nitrogens with one attached hydrogen (secondary N) is 1. The minimum atomic E-state index is 0.417. The van der Waals surface area contributed by atoms with E-state index in [2.05, 4.69) is 34.0 Å². The number of nitrogen functional groups attached to an aromatic ring is 1. The van der Waals surface area contributed by atoms with Crippen LogP contribution in [0, 0.1) is 0 Å². The van der Waals surface area contributed by atoms with Gasteiger partial charge in [0.1, 0.15) is 12.1 Å². The van der Waals surface area contributed by atoms with Crippen LogP contribution in [0.5, 0.6) is 0 Å². The smallest absolute Gasteiger partial charge is 0.186 e. The first-order valence-electron chi connectivity index (χ1n) is 7.18. The van der Waals surface area contributed by atoms with Crippen molar-refractivity contribution in [2.75, 3.05) is 5.73 Å². The molecule has 3 N–H and O–H groups in total. The molecular formula is C14H23N5. The predicted octanol–water partition coefficient (Wildman–Crippen LogP) is 3.40. The van der Waals surface area contributed by atoms with E-state index in [1.54, 1.807) is 0 Å². The van der Waals surface area contributed by atoms with Crippen LogP contribution in [-0.2, 0) is 0 Å². The van der Waals surface area contributed by atoms with Crippen LogP contribution in [0.4, 0.5) is 5.82 Å². The molecular weight excluding hydrogens is 238 g/mol. The standard InChI is InChI=1S/C14H23N5/c1-3-4-5-6-7-8-10(2)12-11-13(15)16-9-17-14(11)19-18-12/h9-10H,3-8H2,1-2H3,(H3,15,16,17,18,19). The van der Waals surface area contributed by atoms with E-state index in [1.807, 2.05) is 0 Å². The Hall–Kier alpha value is -1.65. The second-order valence-corrected chi connectivity index (χ2v) is 5.20. The Balaban J connectivity index is 1.99. The normalized spacial score (nSPS) is 12.9. The molecule has 0 saturated carbocycles. The van der Waals surface area contributed by atoms with E-state index in [4.69, 9.17) is 5.73 Å². The molecule has 5 heteroatoms. The number of H-pyrrole nitrogens is 1. The Labute approximate surface area is 114 Å². The first-order chi connectivity index (χ1) is 9.24. The Morgan fingerprint density at radius 3 is 2.79 bits per heavy atom. The zero-order chi connectivity index (χ0) is 13.7. The van der Waals surface area contributed by atoms with Crippen molar-refractivity contribution in [3.63, 3.8) is 0 Å². The van der Waals surface area contributed by atoms with Gasteiger partial charge >= 0.3 is 0 Å². The number of nitrogens with two attached hydrogens (primary N) is 1. The molecule has 1 unspecified atom stereocenters. The number of rotatable bonds is 7. The van der Waals surface area contributed by atoms with Crippen LogP contribution in [0.25, 0.3) is 11.0 Å². The first kappa shape index (κ1) is 13.8. The topological polar surface area (TPSA) is 80.5 Å². The number of aromatic nitrogens is 4. The lowest BCUT2D eigenvalue weighted by atomic mass is 9.97. The van der Waals surface area contributed by atoms with Crippen molar-refractivity contribution in [1.29, 1.82) is 0 Å². The van der Waals surface area contributed by atoms with Crippen molar-refractivity contribution in [2.45, 2.75) is 58.3 Å². The third kappa shape index (κ3) is 3.22. The van der Waals surface area contributed by atoms with E-state index in [-0.39, 0.29) is 0 Å². The number of hydrogen-bond acceptors (Lipinski definition) is 4. The summed E-state index contributed by atoms with van der Waals surface area (Å²) < 4.78 is 0. The summed E-state index contributed by atoms with van der Waals surface area (Å²) in [6.45, 7) is 4.45. The molecule has 0 fully saturated rings.